The Bertz CT molecular complexity index is 803. The van der Waals surface area contributed by atoms with Crippen molar-refractivity contribution in [3.63, 3.8) is 0 Å². The summed E-state index contributed by atoms with van der Waals surface area (Å²) in [4.78, 5) is 26.2. The van der Waals surface area contributed by atoms with E-state index in [0.717, 1.165) is 18.5 Å². The molecule has 4 rings (SSSR count). The predicted octanol–water partition coefficient (Wildman–Crippen LogP) is 3.38. The minimum absolute atomic E-state index is 0.0540. The van der Waals surface area contributed by atoms with E-state index in [1.54, 1.807) is 6.07 Å². The van der Waals surface area contributed by atoms with Gasteiger partial charge in [-0.3, -0.25) is 14.9 Å². The van der Waals surface area contributed by atoms with Gasteiger partial charge in [-0.1, -0.05) is 20.8 Å². The van der Waals surface area contributed by atoms with Gasteiger partial charge >= 0.3 is 0 Å². The maximum Gasteiger partial charge on any atom is 0.270 e. The van der Waals surface area contributed by atoms with Gasteiger partial charge in [0, 0.05) is 31.3 Å². The van der Waals surface area contributed by atoms with Gasteiger partial charge in [-0.2, -0.15) is 0 Å². The summed E-state index contributed by atoms with van der Waals surface area (Å²) in [5.74, 6) is 0.409. The summed E-state index contributed by atoms with van der Waals surface area (Å²) < 4.78 is 5.41. The molecule has 0 radical (unpaired) electrons. The molecule has 0 unspecified atom stereocenters. The normalized spacial score (nSPS) is 31.0. The van der Waals surface area contributed by atoms with Crippen LogP contribution in [0.25, 0.3) is 0 Å². The van der Waals surface area contributed by atoms with E-state index in [0.29, 0.717) is 37.8 Å². The molecule has 1 aliphatic heterocycles. The fraction of sp³-hybridized carbons (Fsp3) is 0.667. The second kappa shape index (κ2) is 6.72. The van der Waals surface area contributed by atoms with Crippen molar-refractivity contribution < 1.29 is 14.5 Å². The van der Waals surface area contributed by atoms with Crippen molar-refractivity contribution in [3.8, 4) is 0 Å². The highest BCUT2D eigenvalue weighted by molar-refractivity contribution is 6.00. The maximum absolute atomic E-state index is 13.3. The number of nitro benzene ring substituents is 1. The summed E-state index contributed by atoms with van der Waals surface area (Å²) in [5, 5.41) is 14.5. The van der Waals surface area contributed by atoms with E-state index < -0.39 is 4.92 Å². The van der Waals surface area contributed by atoms with Crippen molar-refractivity contribution in [1.29, 1.82) is 0 Å². The molecule has 7 heteroatoms. The van der Waals surface area contributed by atoms with Gasteiger partial charge in [0.1, 0.15) is 0 Å². The molecule has 1 N–H and O–H groups in total. The van der Waals surface area contributed by atoms with Gasteiger partial charge in [-0.15, -0.1) is 0 Å². The van der Waals surface area contributed by atoms with Crippen molar-refractivity contribution in [2.75, 3.05) is 31.2 Å². The number of hydrogen-bond donors (Lipinski definition) is 1. The van der Waals surface area contributed by atoms with Crippen LogP contribution < -0.4 is 10.2 Å². The number of amides is 1. The molecule has 1 amide bonds. The second-order valence-corrected chi connectivity index (χ2v) is 9.19. The van der Waals surface area contributed by atoms with Crippen LogP contribution in [0.1, 0.15) is 50.4 Å². The predicted molar refractivity (Wildman–Crippen MR) is 107 cm³/mol. The molecule has 1 aromatic carbocycles. The number of rotatable bonds is 4. The van der Waals surface area contributed by atoms with Crippen LogP contribution in [0.4, 0.5) is 11.4 Å². The lowest BCUT2D eigenvalue weighted by Gasteiger charge is -2.39. The number of carbonyl (C=O) groups is 1. The van der Waals surface area contributed by atoms with Crippen LogP contribution >= 0.6 is 0 Å². The number of anilines is 1. The Morgan fingerprint density at radius 1 is 1.29 bits per heavy atom. The molecule has 152 valence electrons. The van der Waals surface area contributed by atoms with Gasteiger partial charge in [0.25, 0.3) is 11.6 Å². The molecule has 1 saturated heterocycles. The van der Waals surface area contributed by atoms with Crippen LogP contribution in [-0.2, 0) is 4.74 Å². The van der Waals surface area contributed by atoms with Gasteiger partial charge in [0.15, 0.2) is 0 Å². The third-order valence-corrected chi connectivity index (χ3v) is 7.89. The number of hydrogen-bond acceptors (Lipinski definition) is 5. The summed E-state index contributed by atoms with van der Waals surface area (Å²) in [6.07, 6.45) is 3.31. The first-order valence-electron chi connectivity index (χ1n) is 10.2. The number of fused-ring (bicyclic) bond motifs is 2. The maximum atomic E-state index is 13.3. The first-order chi connectivity index (χ1) is 13.2. The van der Waals surface area contributed by atoms with Crippen molar-refractivity contribution in [3.05, 3.63) is 33.9 Å². The molecule has 0 aromatic heterocycles. The molecule has 7 nitrogen and oxygen atoms in total. The highest BCUT2D eigenvalue weighted by Gasteiger charge is 2.61. The summed E-state index contributed by atoms with van der Waals surface area (Å²) in [6.45, 7) is 9.43. The molecule has 2 bridgehead atoms. The minimum Gasteiger partial charge on any atom is -0.378 e. The summed E-state index contributed by atoms with van der Waals surface area (Å²) in [6, 6.07) is 4.69. The zero-order valence-electron chi connectivity index (χ0n) is 16.9. The lowest BCUT2D eigenvalue weighted by Crippen LogP contribution is -2.47. The molecular weight excluding hydrogens is 358 g/mol. The van der Waals surface area contributed by atoms with E-state index in [-0.39, 0.29) is 28.5 Å². The Labute approximate surface area is 165 Å². The monoisotopic (exact) mass is 387 g/mol. The number of nitro groups is 1. The lowest BCUT2D eigenvalue weighted by molar-refractivity contribution is -0.384. The third-order valence-electron chi connectivity index (χ3n) is 7.89. The van der Waals surface area contributed by atoms with Gasteiger partial charge in [-0.05, 0) is 42.1 Å². The van der Waals surface area contributed by atoms with Crippen LogP contribution in [0.2, 0.25) is 0 Å². The Hall–Kier alpha value is -2.15. The molecule has 3 fully saturated rings. The van der Waals surface area contributed by atoms with Crippen molar-refractivity contribution in [2.24, 2.45) is 16.7 Å². The van der Waals surface area contributed by atoms with Crippen molar-refractivity contribution in [2.45, 2.75) is 46.1 Å². The molecule has 1 heterocycles. The number of morpholine rings is 1. The molecule has 2 saturated carbocycles. The summed E-state index contributed by atoms with van der Waals surface area (Å²) in [5.41, 5.74) is 1.34. The lowest BCUT2D eigenvalue weighted by atomic mass is 9.69. The van der Waals surface area contributed by atoms with Gasteiger partial charge < -0.3 is 15.0 Å². The number of nitrogens with zero attached hydrogens (tertiary/aromatic N) is 2. The molecule has 3 atom stereocenters. The Kier molecular flexibility index (Phi) is 4.61. The third kappa shape index (κ3) is 2.87. The van der Waals surface area contributed by atoms with E-state index in [4.69, 9.17) is 4.74 Å². The van der Waals surface area contributed by atoms with Crippen molar-refractivity contribution in [1.82, 2.24) is 5.32 Å². The van der Waals surface area contributed by atoms with E-state index in [1.165, 1.54) is 18.6 Å². The fourth-order valence-electron chi connectivity index (χ4n) is 5.56. The zero-order valence-corrected chi connectivity index (χ0v) is 16.9. The van der Waals surface area contributed by atoms with Gasteiger partial charge in [0.05, 0.1) is 29.4 Å². The summed E-state index contributed by atoms with van der Waals surface area (Å²) in [7, 11) is 0. The highest BCUT2D eigenvalue weighted by atomic mass is 16.6. The van der Waals surface area contributed by atoms with E-state index >= 15 is 0 Å². The average molecular weight is 387 g/mol. The number of non-ortho nitro benzene ring substituents is 1. The standard InChI is InChI=1S/C21H29N3O4/c1-20(2)14-6-7-21(20,3)18(12-14)22-19(25)16-13-15(24(26)27)4-5-17(16)23-8-10-28-11-9-23/h4-5,13-14,18H,6-12H2,1-3H3,(H,22,25)/t14-,18-,21+/m0/s1. The second-order valence-electron chi connectivity index (χ2n) is 9.19. The van der Waals surface area contributed by atoms with Crippen molar-refractivity contribution >= 4 is 17.3 Å². The smallest absolute Gasteiger partial charge is 0.270 e. The molecule has 3 aliphatic rings. The number of ether oxygens (including phenoxy) is 1. The topological polar surface area (TPSA) is 84.7 Å². The first kappa shape index (κ1) is 19.2. The van der Waals surface area contributed by atoms with Gasteiger partial charge in [-0.25, -0.2) is 0 Å². The molecule has 0 spiro atoms. The molecule has 28 heavy (non-hydrogen) atoms. The molecule has 1 aromatic rings. The minimum atomic E-state index is -0.443. The Morgan fingerprint density at radius 2 is 2.00 bits per heavy atom. The van der Waals surface area contributed by atoms with E-state index in [2.05, 4.69) is 31.0 Å². The van der Waals surface area contributed by atoms with E-state index in [1.807, 2.05) is 0 Å². The quantitative estimate of drug-likeness (QED) is 0.632. The van der Waals surface area contributed by atoms with Crippen LogP contribution in [0.15, 0.2) is 18.2 Å². The Balaban J connectivity index is 1.63. The molecule has 2 aliphatic carbocycles. The number of nitrogens with one attached hydrogen (secondary N) is 1. The van der Waals surface area contributed by atoms with E-state index in [9.17, 15) is 14.9 Å². The number of benzene rings is 1. The highest BCUT2D eigenvalue weighted by Crippen LogP contribution is 2.65. The van der Waals surface area contributed by atoms with Crippen LogP contribution in [0.5, 0.6) is 0 Å². The first-order valence-corrected chi connectivity index (χ1v) is 10.2. The zero-order chi connectivity index (χ0) is 20.1. The average Bonchev–Trinajstić information content (AvgIpc) is 3.01. The fourth-order valence-corrected chi connectivity index (χ4v) is 5.56. The largest absolute Gasteiger partial charge is 0.378 e. The Morgan fingerprint density at radius 3 is 2.57 bits per heavy atom. The molecular formula is C21H29N3O4. The summed E-state index contributed by atoms with van der Waals surface area (Å²) >= 11 is 0. The SMILES string of the molecule is CC1(C)[C@H]2CC[C@]1(C)[C@@H](NC(=O)c1cc([N+](=O)[O-])ccc1N1CCOCC1)C2. The van der Waals surface area contributed by atoms with Gasteiger partial charge in [0.2, 0.25) is 0 Å². The van der Waals surface area contributed by atoms with Crippen LogP contribution in [-0.4, -0.2) is 43.2 Å². The van der Waals surface area contributed by atoms with Crippen LogP contribution in [0.3, 0.4) is 0 Å². The number of carbonyl (C=O) groups excluding carboxylic acids is 1. The van der Waals surface area contributed by atoms with Crippen LogP contribution in [0, 0.1) is 26.9 Å².